The summed E-state index contributed by atoms with van der Waals surface area (Å²) in [7, 11) is 1.64. The minimum absolute atomic E-state index is 0.143. The quantitative estimate of drug-likeness (QED) is 0.804. The average Bonchev–Trinajstić information content (AvgIpc) is 3.07. The molecule has 3 heterocycles. The summed E-state index contributed by atoms with van der Waals surface area (Å²) in [6, 6.07) is 11.2. The van der Waals surface area contributed by atoms with Gasteiger partial charge in [-0.1, -0.05) is 12.1 Å². The third-order valence-electron chi connectivity index (χ3n) is 3.85. The molecular weight excluding hydrogens is 280 g/mol. The Morgan fingerprint density at radius 2 is 2.09 bits per heavy atom. The average molecular weight is 294 g/mol. The van der Waals surface area contributed by atoms with E-state index in [4.69, 9.17) is 4.74 Å². The smallest absolute Gasteiger partial charge is 0.329 e. The molecule has 0 saturated heterocycles. The molecule has 6 heteroatoms. The van der Waals surface area contributed by atoms with Gasteiger partial charge < -0.3 is 10.1 Å². The highest BCUT2D eigenvalue weighted by Crippen LogP contribution is 2.27. The fourth-order valence-corrected chi connectivity index (χ4v) is 2.78. The number of carbonyl (C=O) groups excluding carboxylic acids is 1. The molecule has 1 amide bonds. The number of fused-ring (bicyclic) bond motifs is 3. The maximum atomic E-state index is 12.2. The standard InChI is InChI=1S/C16H14N4O2/c1-22-11-6-4-10(5-7-11)9-13-15-18-12-3-2-8-17-14(12)20(15)16(21)19-13/h2-8,13H,9H2,1H3,(H,19,21). The van der Waals surface area contributed by atoms with Crippen LogP contribution in [0.25, 0.3) is 11.2 Å². The summed E-state index contributed by atoms with van der Waals surface area (Å²) in [6.45, 7) is 0. The second kappa shape index (κ2) is 4.84. The number of imidazole rings is 1. The zero-order chi connectivity index (χ0) is 15.1. The van der Waals surface area contributed by atoms with Crippen molar-refractivity contribution in [1.82, 2.24) is 19.9 Å². The zero-order valence-corrected chi connectivity index (χ0v) is 12.0. The maximum absolute atomic E-state index is 12.2. The molecule has 0 saturated carbocycles. The molecule has 1 aliphatic rings. The lowest BCUT2D eigenvalue weighted by atomic mass is 10.1. The number of hydrogen-bond donors (Lipinski definition) is 1. The second-order valence-electron chi connectivity index (χ2n) is 5.21. The fraction of sp³-hybridized carbons (Fsp3) is 0.188. The summed E-state index contributed by atoms with van der Waals surface area (Å²) in [5.41, 5.74) is 2.46. The lowest BCUT2D eigenvalue weighted by Crippen LogP contribution is -2.22. The molecule has 1 aliphatic heterocycles. The highest BCUT2D eigenvalue weighted by atomic mass is 16.5. The van der Waals surface area contributed by atoms with E-state index in [9.17, 15) is 4.79 Å². The predicted molar refractivity (Wildman–Crippen MR) is 80.9 cm³/mol. The monoisotopic (exact) mass is 294 g/mol. The summed E-state index contributed by atoms with van der Waals surface area (Å²) >= 11 is 0. The van der Waals surface area contributed by atoms with E-state index in [1.807, 2.05) is 36.4 Å². The molecule has 4 rings (SSSR count). The highest BCUT2D eigenvalue weighted by molar-refractivity contribution is 5.90. The Morgan fingerprint density at radius 3 is 2.86 bits per heavy atom. The van der Waals surface area contributed by atoms with Gasteiger partial charge in [0.2, 0.25) is 0 Å². The third kappa shape index (κ3) is 1.92. The Kier molecular flexibility index (Phi) is 2.82. The van der Waals surface area contributed by atoms with Crippen molar-refractivity contribution in [2.45, 2.75) is 12.5 Å². The number of carbonyl (C=O) groups is 1. The van der Waals surface area contributed by atoms with Crippen molar-refractivity contribution in [3.63, 3.8) is 0 Å². The zero-order valence-electron chi connectivity index (χ0n) is 12.0. The number of methoxy groups -OCH3 is 1. The minimum atomic E-state index is -0.172. The summed E-state index contributed by atoms with van der Waals surface area (Å²) in [4.78, 5) is 21.0. The van der Waals surface area contributed by atoms with Crippen molar-refractivity contribution in [1.29, 1.82) is 0 Å². The van der Waals surface area contributed by atoms with E-state index >= 15 is 0 Å². The number of amides is 1. The fourth-order valence-electron chi connectivity index (χ4n) is 2.78. The van der Waals surface area contributed by atoms with Crippen LogP contribution in [0.1, 0.15) is 17.4 Å². The van der Waals surface area contributed by atoms with Crippen LogP contribution in [0.5, 0.6) is 5.75 Å². The third-order valence-corrected chi connectivity index (χ3v) is 3.85. The van der Waals surface area contributed by atoms with Gasteiger partial charge in [-0.25, -0.2) is 19.3 Å². The summed E-state index contributed by atoms with van der Waals surface area (Å²) < 4.78 is 6.72. The molecule has 0 aliphatic carbocycles. The molecule has 0 spiro atoms. The van der Waals surface area contributed by atoms with Gasteiger partial charge in [0.25, 0.3) is 0 Å². The normalized spacial score (nSPS) is 16.6. The van der Waals surface area contributed by atoms with Crippen LogP contribution < -0.4 is 10.1 Å². The topological polar surface area (TPSA) is 69.0 Å². The highest BCUT2D eigenvalue weighted by Gasteiger charge is 2.32. The lowest BCUT2D eigenvalue weighted by molar-refractivity contribution is 0.245. The predicted octanol–water partition coefficient (Wildman–Crippen LogP) is 2.29. The number of nitrogens with one attached hydrogen (secondary N) is 1. The molecule has 0 bridgehead atoms. The van der Waals surface area contributed by atoms with Gasteiger partial charge in [0.1, 0.15) is 17.1 Å². The molecule has 1 unspecified atom stereocenters. The molecule has 0 fully saturated rings. The van der Waals surface area contributed by atoms with Gasteiger partial charge in [-0.2, -0.15) is 0 Å². The van der Waals surface area contributed by atoms with Crippen LogP contribution in [0, 0.1) is 0 Å². The van der Waals surface area contributed by atoms with Crippen molar-refractivity contribution in [2.24, 2.45) is 0 Å². The molecule has 22 heavy (non-hydrogen) atoms. The molecule has 1 atom stereocenters. The first kappa shape index (κ1) is 12.8. The Labute approximate surface area is 126 Å². The van der Waals surface area contributed by atoms with Gasteiger partial charge in [-0.05, 0) is 36.2 Å². The molecule has 3 aromatic rings. The SMILES string of the molecule is COc1ccc(CC2NC(=O)n3c2nc2cccnc23)cc1. The van der Waals surface area contributed by atoms with E-state index < -0.39 is 0 Å². The van der Waals surface area contributed by atoms with E-state index in [1.54, 1.807) is 17.9 Å². The van der Waals surface area contributed by atoms with Crippen molar-refractivity contribution < 1.29 is 9.53 Å². The van der Waals surface area contributed by atoms with E-state index in [-0.39, 0.29) is 12.1 Å². The molecule has 110 valence electrons. The Morgan fingerprint density at radius 1 is 1.27 bits per heavy atom. The van der Waals surface area contributed by atoms with Crippen molar-refractivity contribution in [3.05, 3.63) is 54.0 Å². The minimum Gasteiger partial charge on any atom is -0.497 e. The van der Waals surface area contributed by atoms with Crippen LogP contribution >= 0.6 is 0 Å². The van der Waals surface area contributed by atoms with Gasteiger partial charge in [0.15, 0.2) is 5.65 Å². The first-order chi connectivity index (χ1) is 10.8. The first-order valence-electron chi connectivity index (χ1n) is 7.03. The number of aromatic nitrogens is 3. The second-order valence-corrected chi connectivity index (χ2v) is 5.21. The molecule has 0 radical (unpaired) electrons. The summed E-state index contributed by atoms with van der Waals surface area (Å²) in [5.74, 6) is 1.53. The Hall–Kier alpha value is -2.89. The van der Waals surface area contributed by atoms with Crippen LogP contribution in [0.15, 0.2) is 42.6 Å². The van der Waals surface area contributed by atoms with Crippen LogP contribution in [0.4, 0.5) is 4.79 Å². The van der Waals surface area contributed by atoms with Gasteiger partial charge in [0, 0.05) is 6.20 Å². The van der Waals surface area contributed by atoms with Crippen LogP contribution in [-0.4, -0.2) is 27.7 Å². The van der Waals surface area contributed by atoms with E-state index in [0.29, 0.717) is 12.1 Å². The van der Waals surface area contributed by atoms with Gasteiger partial charge in [-0.15, -0.1) is 0 Å². The van der Waals surface area contributed by atoms with Crippen molar-refractivity contribution >= 4 is 17.2 Å². The summed E-state index contributed by atoms with van der Waals surface area (Å²) in [5, 5.41) is 2.96. The van der Waals surface area contributed by atoms with Gasteiger partial charge in [-0.3, -0.25) is 0 Å². The largest absolute Gasteiger partial charge is 0.497 e. The molecular formula is C16H14N4O2. The van der Waals surface area contributed by atoms with E-state index in [1.165, 1.54) is 0 Å². The van der Waals surface area contributed by atoms with E-state index in [0.717, 1.165) is 22.7 Å². The number of nitrogens with zero attached hydrogens (tertiary/aromatic N) is 3. The summed E-state index contributed by atoms with van der Waals surface area (Å²) in [6.07, 6.45) is 2.35. The first-order valence-corrected chi connectivity index (χ1v) is 7.03. The number of rotatable bonds is 3. The van der Waals surface area contributed by atoms with Crippen LogP contribution in [0.3, 0.4) is 0 Å². The number of pyridine rings is 1. The number of benzene rings is 1. The van der Waals surface area contributed by atoms with Gasteiger partial charge in [0.05, 0.1) is 13.2 Å². The molecule has 2 aromatic heterocycles. The van der Waals surface area contributed by atoms with E-state index in [2.05, 4.69) is 15.3 Å². The van der Waals surface area contributed by atoms with Crippen LogP contribution in [0.2, 0.25) is 0 Å². The molecule has 1 N–H and O–H groups in total. The van der Waals surface area contributed by atoms with Gasteiger partial charge >= 0.3 is 6.03 Å². The lowest BCUT2D eigenvalue weighted by Gasteiger charge is -2.09. The maximum Gasteiger partial charge on any atom is 0.329 e. The molecule has 6 nitrogen and oxygen atoms in total. The number of ether oxygens (including phenoxy) is 1. The van der Waals surface area contributed by atoms with Crippen LogP contribution in [-0.2, 0) is 6.42 Å². The molecule has 1 aromatic carbocycles. The number of hydrogen-bond acceptors (Lipinski definition) is 4. The van der Waals surface area contributed by atoms with Crippen molar-refractivity contribution in [2.75, 3.05) is 7.11 Å². The van der Waals surface area contributed by atoms with Crippen molar-refractivity contribution in [3.8, 4) is 5.75 Å². The Balaban J connectivity index is 1.69. The Bertz CT molecular complexity index is 854.